The number of unbranched alkanes of at least 4 members (excludes halogenated alkanes) is 1. The first kappa shape index (κ1) is 93.2. The summed E-state index contributed by atoms with van der Waals surface area (Å²) in [6.45, 7) is 4.36. The molecule has 0 fully saturated rings. The van der Waals surface area contributed by atoms with Gasteiger partial charge in [-0.15, -0.1) is 0 Å². The topological polar surface area (TPSA) is 0 Å². The maximum absolute atomic E-state index is 2.40. The molecule has 0 aliphatic heterocycles. The van der Waals surface area contributed by atoms with Gasteiger partial charge >= 0.3 is 0 Å². The molecule has 0 aromatic heterocycles. The van der Waals surface area contributed by atoms with Crippen LogP contribution in [-0.4, -0.2) is 0 Å². The number of fused-ring (bicyclic) bond motifs is 20. The Bertz CT molecular complexity index is 6010. The maximum atomic E-state index is 2.40. The van der Waals surface area contributed by atoms with Crippen molar-refractivity contribution in [2.75, 3.05) is 0 Å². The Morgan fingerprint density at radius 2 is 0.457 bits per heavy atom. The fourth-order valence-corrected chi connectivity index (χ4v) is 18.4. The van der Waals surface area contributed by atoms with Crippen molar-refractivity contribution in [1.82, 2.24) is 0 Å². The van der Waals surface area contributed by atoms with E-state index in [9.17, 15) is 0 Å². The van der Waals surface area contributed by atoms with Gasteiger partial charge in [-0.3, -0.25) is 0 Å². The average molecular weight is 1660 g/mol. The molecule has 0 atom stereocenters. The lowest BCUT2D eigenvalue weighted by atomic mass is 9.81. The van der Waals surface area contributed by atoms with Crippen molar-refractivity contribution in [3.8, 4) is 11.1 Å². The summed E-state index contributed by atoms with van der Waals surface area (Å²) >= 11 is 0. The van der Waals surface area contributed by atoms with Gasteiger partial charge in [0, 0.05) is 2.85 Å². The fourth-order valence-electron chi connectivity index (χ4n) is 18.4. The molecule has 0 unspecified atom stereocenters. The lowest BCUT2D eigenvalue weighted by molar-refractivity contribution is 0.640. The van der Waals surface area contributed by atoms with Gasteiger partial charge in [0.15, 0.2) is 0 Å². The third-order valence-corrected chi connectivity index (χ3v) is 25.0. The summed E-state index contributed by atoms with van der Waals surface area (Å²) in [6, 6.07) is 146. The zero-order valence-corrected chi connectivity index (χ0v) is 73.0. The Morgan fingerprint density at radius 1 is 0.205 bits per heavy atom. The van der Waals surface area contributed by atoms with Crippen LogP contribution in [0.4, 0.5) is 0 Å². The smallest absolute Gasteiger partial charge is 0 e. The van der Waals surface area contributed by atoms with Gasteiger partial charge in [-0.05, 0) is 299 Å². The summed E-state index contributed by atoms with van der Waals surface area (Å²) in [7, 11) is 0. The molecule has 24 rings (SSSR count). The Morgan fingerprint density at radius 3 is 0.811 bits per heavy atom. The first-order chi connectivity index (χ1) is 61.5. The monoisotopic (exact) mass is 1660 g/mol. The molecule has 0 heterocycles. The van der Waals surface area contributed by atoms with Crippen LogP contribution in [0.1, 0.15) is 176 Å². The molecule has 5 aliphatic carbocycles. The number of aryl methyl sites for hydroxylation is 9. The average Bonchev–Trinajstić information content (AvgIpc) is 0.820. The van der Waals surface area contributed by atoms with Crippen LogP contribution in [0.15, 0.2) is 419 Å². The molecule has 0 radical (unpaired) electrons. The van der Waals surface area contributed by atoms with Crippen molar-refractivity contribution in [1.29, 1.82) is 0 Å². The molecule has 0 saturated heterocycles. The minimum Gasteiger partial charge on any atom is -0.0842 e. The normalized spacial score (nSPS) is 12.6. The summed E-state index contributed by atoms with van der Waals surface area (Å²) in [4.78, 5) is 0. The van der Waals surface area contributed by atoms with E-state index in [-0.39, 0.29) is 25.1 Å². The number of benzene rings is 19. The standard InChI is InChI=1S/C14H18.C14H14.C14H12.3C14H10.C10H12.C10H8.C10H14.C10H12.3CH4.2H2/c6*1-3-7-13-11(5-1)9-10-12-6-2-4-8-14(12)13;2*1-2-6-10-8-4-3-7-9(10)5-1;2*1-2-3-7-10-8-5-4-6-9-10;;;;;/h9-10H,1-8H2;1,3,5,7,9-10H,2,4,6,8H2;1-8H,9-10H2;3*1-10H;1-2,5-6H,3-4,7-8H2;1-8H;4-6,8-9H,2-3,7H2,1H3;3-9H,2H2,1H3;3*1H4;2*1H/b;;;;;;;;;7-3+;;;;;. The Balaban J connectivity index is 0.000000149. The molecular weight excluding hydrogens is 1530 g/mol. The van der Waals surface area contributed by atoms with Crippen molar-refractivity contribution in [3.63, 3.8) is 0 Å². The zero-order valence-electron chi connectivity index (χ0n) is 73.0. The number of allylic oxidation sites excluding steroid dienone is 1. The molecule has 0 nitrogen and oxygen atoms in total. The molecule has 644 valence electrons. The molecule has 0 N–H and O–H groups in total. The van der Waals surface area contributed by atoms with Crippen molar-refractivity contribution in [2.24, 2.45) is 0 Å². The molecule has 5 aliphatic rings. The highest BCUT2D eigenvalue weighted by Crippen LogP contribution is 2.36. The molecule has 127 heavy (non-hydrogen) atoms. The van der Waals surface area contributed by atoms with E-state index >= 15 is 0 Å². The van der Waals surface area contributed by atoms with Gasteiger partial charge in [0.1, 0.15) is 0 Å². The van der Waals surface area contributed by atoms with Crippen molar-refractivity contribution < 1.29 is 2.85 Å². The van der Waals surface area contributed by atoms with Crippen molar-refractivity contribution in [2.45, 2.75) is 177 Å². The van der Waals surface area contributed by atoms with E-state index < -0.39 is 0 Å². The lowest BCUT2D eigenvalue weighted by Crippen LogP contribution is -2.12. The first-order valence-corrected chi connectivity index (χ1v) is 46.1. The largest absolute Gasteiger partial charge is 0.0842 e. The van der Waals surface area contributed by atoms with E-state index in [0.717, 1.165) is 6.42 Å². The van der Waals surface area contributed by atoms with Gasteiger partial charge in [0.2, 0.25) is 0 Å². The predicted octanol–water partition coefficient (Wildman–Crippen LogP) is 36.5. The van der Waals surface area contributed by atoms with Crippen LogP contribution in [0, 0.1) is 0 Å². The predicted molar refractivity (Wildman–Crippen MR) is 566 cm³/mol. The van der Waals surface area contributed by atoms with Gasteiger partial charge in [-0.25, -0.2) is 0 Å². The van der Waals surface area contributed by atoms with Crippen LogP contribution >= 0.6 is 0 Å². The van der Waals surface area contributed by atoms with E-state index in [1.165, 1.54) is 254 Å². The summed E-state index contributed by atoms with van der Waals surface area (Å²) in [6.07, 6.45) is 33.3. The quantitative estimate of drug-likeness (QED) is 0.151. The van der Waals surface area contributed by atoms with Gasteiger partial charge in [-0.2, -0.15) is 0 Å². The van der Waals surface area contributed by atoms with Crippen molar-refractivity contribution in [3.05, 3.63) is 485 Å². The van der Waals surface area contributed by atoms with Gasteiger partial charge < -0.3 is 0 Å². The number of hydrogen-bond donors (Lipinski definition) is 0. The SMILES string of the molecule is C.C.C.CC/C=C/c1ccccc1.CCCCc1ccccc1.[HH].[HH].c1cc2c(c3c1CCCC3)CCCC2.c1ccc2c(c1)CCCC2.c1ccc2c(c1)CCc1ccccc1-2.c1ccc2c(c1)ccc1ccccc12.c1ccc2c(c1)ccc1ccccc12.c1ccc2c(c1)ccc1ccccc12.c1ccc2c3c(ccc2c1)CCCC3.c1ccc2ccccc2c1. The lowest BCUT2D eigenvalue weighted by Gasteiger charge is -2.25. The van der Waals surface area contributed by atoms with Crippen LogP contribution in [0.3, 0.4) is 0 Å². The van der Waals surface area contributed by atoms with Gasteiger partial charge in [0.25, 0.3) is 0 Å². The summed E-state index contributed by atoms with van der Waals surface area (Å²) in [5.41, 5.74) is 21.7. The summed E-state index contributed by atoms with van der Waals surface area (Å²) in [5.74, 6) is 0. The minimum atomic E-state index is 0. The molecule has 0 spiro atoms. The van der Waals surface area contributed by atoms with E-state index in [4.69, 9.17) is 0 Å². The van der Waals surface area contributed by atoms with Crippen LogP contribution in [-0.2, 0) is 70.6 Å². The van der Waals surface area contributed by atoms with Crippen LogP contribution in [0.25, 0.3) is 103 Å². The molecule has 0 amide bonds. The summed E-state index contributed by atoms with van der Waals surface area (Å²) in [5, 5.41) is 21.4. The fraction of sp³-hybridized carbons (Fsp3) is 0.213. The third kappa shape index (κ3) is 25.6. The highest BCUT2D eigenvalue weighted by Gasteiger charge is 2.19. The highest BCUT2D eigenvalue weighted by molar-refractivity contribution is 6.09. The zero-order chi connectivity index (χ0) is 84.4. The van der Waals surface area contributed by atoms with E-state index in [2.05, 4.69) is 432 Å². The van der Waals surface area contributed by atoms with E-state index in [1.807, 2.05) is 6.07 Å². The summed E-state index contributed by atoms with van der Waals surface area (Å²) < 4.78 is 0. The number of hydrogen-bond acceptors (Lipinski definition) is 0. The van der Waals surface area contributed by atoms with Crippen LogP contribution in [0.5, 0.6) is 0 Å². The minimum absolute atomic E-state index is 0. The Kier molecular flexibility index (Phi) is 36.4. The second-order valence-corrected chi connectivity index (χ2v) is 33.4. The maximum Gasteiger partial charge on any atom is 0 e. The van der Waals surface area contributed by atoms with Crippen LogP contribution < -0.4 is 0 Å². The molecule has 19 aromatic carbocycles. The molecule has 0 saturated carbocycles. The number of rotatable bonds is 5. The van der Waals surface area contributed by atoms with Gasteiger partial charge in [0.05, 0.1) is 0 Å². The molecular formula is C127H136. The van der Waals surface area contributed by atoms with Crippen LogP contribution in [0.2, 0.25) is 0 Å². The highest BCUT2D eigenvalue weighted by atomic mass is 14.2. The second kappa shape index (κ2) is 49.6. The molecule has 19 aromatic rings. The Hall–Kier alpha value is -13.0. The van der Waals surface area contributed by atoms with Gasteiger partial charge in [-0.1, -0.05) is 467 Å². The molecule has 0 bridgehead atoms. The first-order valence-electron chi connectivity index (χ1n) is 46.1. The van der Waals surface area contributed by atoms with Crippen molar-refractivity contribution >= 4 is 92.3 Å². The third-order valence-electron chi connectivity index (χ3n) is 25.0. The molecule has 0 heteroatoms. The Labute approximate surface area is 763 Å². The van der Waals surface area contributed by atoms with E-state index in [1.54, 1.807) is 44.5 Å². The second-order valence-electron chi connectivity index (χ2n) is 33.4. The van der Waals surface area contributed by atoms with E-state index in [0.29, 0.717) is 0 Å².